The molecule has 2 amide bonds. The normalized spacial score (nSPS) is 24.2. The van der Waals surface area contributed by atoms with Gasteiger partial charge >= 0.3 is 0 Å². The quantitative estimate of drug-likeness (QED) is 0.834. The van der Waals surface area contributed by atoms with E-state index in [-0.39, 0.29) is 11.8 Å². The summed E-state index contributed by atoms with van der Waals surface area (Å²) in [6.45, 7) is 7.03. The Balaban J connectivity index is 1.57. The summed E-state index contributed by atoms with van der Waals surface area (Å²) >= 11 is 0. The van der Waals surface area contributed by atoms with E-state index in [1.165, 1.54) is 18.5 Å². The first kappa shape index (κ1) is 19.7. The molecule has 0 aromatic heterocycles. The van der Waals surface area contributed by atoms with Gasteiger partial charge in [-0.25, -0.2) is 0 Å². The van der Waals surface area contributed by atoms with Crippen LogP contribution in [0.15, 0.2) is 24.3 Å². The second kappa shape index (κ2) is 8.77. The number of nitrogens with one attached hydrogen (secondary N) is 2. The lowest BCUT2D eigenvalue weighted by atomic mass is 9.89. The lowest BCUT2D eigenvalue weighted by Crippen LogP contribution is -2.57. The van der Waals surface area contributed by atoms with Crippen LogP contribution in [0.1, 0.15) is 64.4 Å². The van der Waals surface area contributed by atoms with Gasteiger partial charge in [0.25, 0.3) is 0 Å². The van der Waals surface area contributed by atoms with Crippen LogP contribution in [0.4, 0.5) is 5.69 Å². The van der Waals surface area contributed by atoms with Gasteiger partial charge < -0.3 is 15.5 Å². The number of carbonyl (C=O) groups excluding carboxylic acids is 2. The zero-order valence-corrected chi connectivity index (χ0v) is 16.7. The third-order valence-corrected chi connectivity index (χ3v) is 6.21. The molecule has 2 saturated heterocycles. The van der Waals surface area contributed by atoms with Crippen LogP contribution in [0.3, 0.4) is 0 Å². The SMILES string of the molecule is CCC1(C(=O)NCc2ccc(N3CCC(C)CC3)cc2)CCCCC(=O)N1. The number of rotatable bonds is 5. The van der Waals surface area contributed by atoms with Gasteiger partial charge in [-0.05, 0) is 55.7 Å². The molecule has 2 fully saturated rings. The molecule has 2 aliphatic heterocycles. The van der Waals surface area contributed by atoms with Gasteiger partial charge in [-0.1, -0.05) is 32.4 Å². The van der Waals surface area contributed by atoms with Crippen molar-refractivity contribution in [3.05, 3.63) is 29.8 Å². The summed E-state index contributed by atoms with van der Waals surface area (Å²) in [6, 6.07) is 8.50. The number of nitrogens with zero attached hydrogens (tertiary/aromatic N) is 1. The molecule has 1 aromatic carbocycles. The van der Waals surface area contributed by atoms with Crippen LogP contribution in [0.2, 0.25) is 0 Å². The zero-order valence-electron chi connectivity index (χ0n) is 16.7. The minimum atomic E-state index is -0.752. The van der Waals surface area contributed by atoms with E-state index < -0.39 is 5.54 Å². The minimum absolute atomic E-state index is 0.00953. The van der Waals surface area contributed by atoms with Crippen LogP contribution in [0.5, 0.6) is 0 Å². The molecule has 0 spiro atoms. The minimum Gasteiger partial charge on any atom is -0.372 e. The number of piperidine rings is 1. The predicted molar refractivity (Wildman–Crippen MR) is 109 cm³/mol. The highest BCUT2D eigenvalue weighted by Gasteiger charge is 2.38. The van der Waals surface area contributed by atoms with Crippen LogP contribution in [0.25, 0.3) is 0 Å². The lowest BCUT2D eigenvalue weighted by molar-refractivity contribution is -0.133. The molecular formula is C22H33N3O2. The zero-order chi connectivity index (χ0) is 19.3. The molecule has 3 rings (SSSR count). The Kier molecular flexibility index (Phi) is 6.40. The van der Waals surface area contributed by atoms with Crippen molar-refractivity contribution >= 4 is 17.5 Å². The first-order valence-corrected chi connectivity index (χ1v) is 10.5. The average molecular weight is 372 g/mol. The fourth-order valence-corrected chi connectivity index (χ4v) is 4.14. The van der Waals surface area contributed by atoms with E-state index in [0.717, 1.165) is 37.4 Å². The second-order valence-corrected chi connectivity index (χ2v) is 8.21. The van der Waals surface area contributed by atoms with Gasteiger partial charge in [-0.2, -0.15) is 0 Å². The molecule has 0 bridgehead atoms. The van der Waals surface area contributed by atoms with Crippen molar-refractivity contribution in [2.45, 2.75) is 70.9 Å². The third kappa shape index (κ3) is 4.82. The summed E-state index contributed by atoms with van der Waals surface area (Å²) in [5.74, 6) is 0.755. The number of amides is 2. The summed E-state index contributed by atoms with van der Waals surface area (Å²) in [5.41, 5.74) is 1.60. The van der Waals surface area contributed by atoms with E-state index in [9.17, 15) is 9.59 Å². The molecule has 1 atom stereocenters. The van der Waals surface area contributed by atoms with Crippen molar-refractivity contribution in [2.75, 3.05) is 18.0 Å². The highest BCUT2D eigenvalue weighted by molar-refractivity contribution is 5.91. The summed E-state index contributed by atoms with van der Waals surface area (Å²) in [7, 11) is 0. The molecule has 27 heavy (non-hydrogen) atoms. The maximum Gasteiger partial charge on any atom is 0.246 e. The molecule has 5 heteroatoms. The van der Waals surface area contributed by atoms with Crippen molar-refractivity contribution in [1.82, 2.24) is 10.6 Å². The van der Waals surface area contributed by atoms with E-state index >= 15 is 0 Å². The van der Waals surface area contributed by atoms with Gasteiger partial charge in [-0.15, -0.1) is 0 Å². The summed E-state index contributed by atoms with van der Waals surface area (Å²) in [6.07, 6.45) is 6.13. The lowest BCUT2D eigenvalue weighted by Gasteiger charge is -2.32. The van der Waals surface area contributed by atoms with Gasteiger partial charge in [0.15, 0.2) is 0 Å². The Bertz CT molecular complexity index is 650. The van der Waals surface area contributed by atoms with Gasteiger partial charge in [0.05, 0.1) is 0 Å². The maximum absolute atomic E-state index is 12.8. The number of benzene rings is 1. The Morgan fingerprint density at radius 3 is 2.59 bits per heavy atom. The topological polar surface area (TPSA) is 61.4 Å². The van der Waals surface area contributed by atoms with E-state index in [0.29, 0.717) is 25.8 Å². The van der Waals surface area contributed by atoms with Crippen LogP contribution < -0.4 is 15.5 Å². The average Bonchev–Trinajstić information content (AvgIpc) is 2.89. The van der Waals surface area contributed by atoms with E-state index in [2.05, 4.69) is 46.7 Å². The van der Waals surface area contributed by atoms with Crippen molar-refractivity contribution < 1.29 is 9.59 Å². The number of hydrogen-bond donors (Lipinski definition) is 2. The van der Waals surface area contributed by atoms with Crippen LogP contribution in [0, 0.1) is 5.92 Å². The van der Waals surface area contributed by atoms with E-state index in [4.69, 9.17) is 0 Å². The molecule has 1 unspecified atom stereocenters. The maximum atomic E-state index is 12.8. The Morgan fingerprint density at radius 1 is 1.22 bits per heavy atom. The van der Waals surface area contributed by atoms with Gasteiger partial charge in [-0.3, -0.25) is 9.59 Å². The van der Waals surface area contributed by atoms with Crippen LogP contribution in [-0.4, -0.2) is 30.4 Å². The van der Waals surface area contributed by atoms with Crippen LogP contribution in [-0.2, 0) is 16.1 Å². The molecule has 2 heterocycles. The van der Waals surface area contributed by atoms with Gasteiger partial charge in [0.1, 0.15) is 5.54 Å². The largest absolute Gasteiger partial charge is 0.372 e. The Hall–Kier alpha value is -2.04. The third-order valence-electron chi connectivity index (χ3n) is 6.21. The molecule has 0 radical (unpaired) electrons. The molecule has 2 aliphatic rings. The molecule has 1 aromatic rings. The van der Waals surface area contributed by atoms with Crippen molar-refractivity contribution in [3.8, 4) is 0 Å². The monoisotopic (exact) mass is 371 g/mol. The summed E-state index contributed by atoms with van der Waals surface area (Å²) in [4.78, 5) is 27.2. The number of anilines is 1. The second-order valence-electron chi connectivity index (χ2n) is 8.21. The molecule has 148 valence electrons. The standard InChI is InChI=1S/C22H33N3O2/c1-3-22(13-5-4-6-20(26)24-22)21(27)23-16-18-7-9-19(10-8-18)25-14-11-17(2)12-15-25/h7-10,17H,3-6,11-16H2,1-2H3,(H,23,27)(H,24,26). The first-order chi connectivity index (χ1) is 13.0. The molecule has 0 saturated carbocycles. The number of hydrogen-bond acceptors (Lipinski definition) is 3. The Labute approximate surface area is 162 Å². The number of carbonyl (C=O) groups is 2. The molecular weight excluding hydrogens is 338 g/mol. The van der Waals surface area contributed by atoms with Gasteiger partial charge in [0, 0.05) is 31.7 Å². The molecule has 0 aliphatic carbocycles. The highest BCUT2D eigenvalue weighted by Crippen LogP contribution is 2.25. The fourth-order valence-electron chi connectivity index (χ4n) is 4.14. The summed E-state index contributed by atoms with van der Waals surface area (Å²) in [5, 5.41) is 6.02. The van der Waals surface area contributed by atoms with Gasteiger partial charge in [0.2, 0.25) is 11.8 Å². The van der Waals surface area contributed by atoms with Crippen LogP contribution >= 0.6 is 0 Å². The van der Waals surface area contributed by atoms with Crippen molar-refractivity contribution in [1.29, 1.82) is 0 Å². The smallest absolute Gasteiger partial charge is 0.246 e. The predicted octanol–water partition coefficient (Wildman–Crippen LogP) is 3.38. The first-order valence-electron chi connectivity index (χ1n) is 10.5. The van der Waals surface area contributed by atoms with E-state index in [1.54, 1.807) is 0 Å². The molecule has 2 N–H and O–H groups in total. The van der Waals surface area contributed by atoms with E-state index in [1.807, 2.05) is 6.92 Å². The Morgan fingerprint density at radius 2 is 1.93 bits per heavy atom. The molecule has 5 nitrogen and oxygen atoms in total. The van der Waals surface area contributed by atoms with Crippen molar-refractivity contribution in [2.24, 2.45) is 5.92 Å². The fraction of sp³-hybridized carbons (Fsp3) is 0.636. The van der Waals surface area contributed by atoms with Crippen molar-refractivity contribution in [3.63, 3.8) is 0 Å². The summed E-state index contributed by atoms with van der Waals surface area (Å²) < 4.78 is 0. The highest BCUT2D eigenvalue weighted by atomic mass is 16.2.